The summed E-state index contributed by atoms with van der Waals surface area (Å²) in [5.74, 6) is 0.496. The van der Waals surface area contributed by atoms with Gasteiger partial charge in [0, 0.05) is 11.9 Å². The fourth-order valence-electron chi connectivity index (χ4n) is 2.06. The molecule has 0 spiro atoms. The lowest BCUT2D eigenvalue weighted by Crippen LogP contribution is -2.25. The molecule has 2 amide bonds. The Morgan fingerprint density at radius 2 is 1.85 bits per heavy atom. The van der Waals surface area contributed by atoms with Crippen molar-refractivity contribution in [1.29, 1.82) is 0 Å². The molecule has 0 radical (unpaired) electrons. The largest absolute Gasteiger partial charge is 0.381 e. The normalized spacial score (nSPS) is 15.1. The summed E-state index contributed by atoms with van der Waals surface area (Å²) >= 11 is 0. The van der Waals surface area contributed by atoms with Crippen LogP contribution in [0.3, 0.4) is 0 Å². The van der Waals surface area contributed by atoms with Crippen LogP contribution in [0.15, 0.2) is 36.0 Å². The molecule has 1 aliphatic heterocycles. The van der Waals surface area contributed by atoms with Crippen LogP contribution in [0, 0.1) is 0 Å². The zero-order valence-corrected chi connectivity index (χ0v) is 12.1. The minimum atomic E-state index is -0.207. The van der Waals surface area contributed by atoms with Crippen molar-refractivity contribution < 1.29 is 9.53 Å². The molecular weight excluding hydrogens is 252 g/mol. The first-order valence-electron chi connectivity index (χ1n) is 7.08. The molecule has 0 unspecified atom stereocenters. The SMILES string of the molecule is CC(C)c1ccc(NC(=O)NC=C2CCOCC2)cc1. The van der Waals surface area contributed by atoms with E-state index in [9.17, 15) is 4.79 Å². The molecule has 0 aromatic heterocycles. The minimum absolute atomic E-state index is 0.207. The first-order chi connectivity index (χ1) is 9.65. The Balaban J connectivity index is 1.84. The Labute approximate surface area is 120 Å². The van der Waals surface area contributed by atoms with Crippen LogP contribution in [0.4, 0.5) is 10.5 Å². The van der Waals surface area contributed by atoms with Gasteiger partial charge in [-0.05, 0) is 42.0 Å². The molecule has 1 saturated heterocycles. The Bertz CT molecular complexity index is 470. The van der Waals surface area contributed by atoms with E-state index in [1.165, 1.54) is 11.1 Å². The van der Waals surface area contributed by atoms with Crippen molar-refractivity contribution in [1.82, 2.24) is 5.32 Å². The van der Waals surface area contributed by atoms with E-state index in [1.807, 2.05) is 24.3 Å². The van der Waals surface area contributed by atoms with Gasteiger partial charge < -0.3 is 15.4 Å². The molecule has 1 aliphatic rings. The van der Waals surface area contributed by atoms with Gasteiger partial charge >= 0.3 is 6.03 Å². The second kappa shape index (κ2) is 7.10. The van der Waals surface area contributed by atoms with Gasteiger partial charge in [0.25, 0.3) is 0 Å². The average Bonchev–Trinajstić information content (AvgIpc) is 2.47. The summed E-state index contributed by atoms with van der Waals surface area (Å²) in [4.78, 5) is 11.8. The van der Waals surface area contributed by atoms with E-state index < -0.39 is 0 Å². The number of hydrogen-bond donors (Lipinski definition) is 2. The van der Waals surface area contributed by atoms with Gasteiger partial charge in [-0.1, -0.05) is 26.0 Å². The number of anilines is 1. The average molecular weight is 274 g/mol. The summed E-state index contributed by atoms with van der Waals surface area (Å²) in [6.45, 7) is 5.78. The van der Waals surface area contributed by atoms with E-state index >= 15 is 0 Å². The topological polar surface area (TPSA) is 50.4 Å². The third-order valence-electron chi connectivity index (χ3n) is 3.38. The molecule has 4 nitrogen and oxygen atoms in total. The number of carbonyl (C=O) groups excluding carboxylic acids is 1. The molecule has 108 valence electrons. The van der Waals surface area contributed by atoms with Crippen molar-refractivity contribution in [3.63, 3.8) is 0 Å². The first kappa shape index (κ1) is 14.6. The van der Waals surface area contributed by atoms with Crippen LogP contribution in [0.1, 0.15) is 38.2 Å². The Morgan fingerprint density at radius 3 is 2.45 bits per heavy atom. The lowest BCUT2D eigenvalue weighted by atomic mass is 10.0. The molecule has 1 aromatic rings. The van der Waals surface area contributed by atoms with E-state index in [-0.39, 0.29) is 6.03 Å². The molecule has 1 aromatic carbocycles. The van der Waals surface area contributed by atoms with E-state index in [4.69, 9.17) is 4.74 Å². The van der Waals surface area contributed by atoms with Gasteiger partial charge in [0.2, 0.25) is 0 Å². The van der Waals surface area contributed by atoms with E-state index in [0.29, 0.717) is 5.92 Å². The number of urea groups is 1. The predicted molar refractivity (Wildman–Crippen MR) is 80.8 cm³/mol. The molecule has 0 bridgehead atoms. The van der Waals surface area contributed by atoms with Gasteiger partial charge in [0.1, 0.15) is 0 Å². The molecule has 20 heavy (non-hydrogen) atoms. The van der Waals surface area contributed by atoms with Gasteiger partial charge in [-0.2, -0.15) is 0 Å². The smallest absolute Gasteiger partial charge is 0.323 e. The Morgan fingerprint density at radius 1 is 1.20 bits per heavy atom. The van der Waals surface area contributed by atoms with Crippen LogP contribution in [-0.4, -0.2) is 19.2 Å². The number of benzene rings is 1. The van der Waals surface area contributed by atoms with Crippen molar-refractivity contribution >= 4 is 11.7 Å². The fraction of sp³-hybridized carbons (Fsp3) is 0.438. The molecule has 0 atom stereocenters. The van der Waals surface area contributed by atoms with Gasteiger partial charge in [-0.15, -0.1) is 0 Å². The van der Waals surface area contributed by atoms with Crippen LogP contribution >= 0.6 is 0 Å². The summed E-state index contributed by atoms with van der Waals surface area (Å²) in [5, 5.41) is 5.59. The Kier molecular flexibility index (Phi) is 5.18. The number of ether oxygens (including phenoxy) is 1. The van der Waals surface area contributed by atoms with E-state index in [1.54, 1.807) is 6.20 Å². The van der Waals surface area contributed by atoms with Crippen molar-refractivity contribution in [3.05, 3.63) is 41.6 Å². The maximum atomic E-state index is 11.8. The van der Waals surface area contributed by atoms with Gasteiger partial charge in [-0.25, -0.2) is 4.79 Å². The summed E-state index contributed by atoms with van der Waals surface area (Å²) in [5.41, 5.74) is 3.29. The maximum absolute atomic E-state index is 11.8. The highest BCUT2D eigenvalue weighted by Crippen LogP contribution is 2.17. The van der Waals surface area contributed by atoms with Gasteiger partial charge in [0.15, 0.2) is 0 Å². The molecule has 4 heteroatoms. The van der Waals surface area contributed by atoms with Crippen molar-refractivity contribution in [2.45, 2.75) is 32.6 Å². The zero-order chi connectivity index (χ0) is 14.4. The van der Waals surface area contributed by atoms with Gasteiger partial charge in [-0.3, -0.25) is 0 Å². The predicted octanol–water partition coefficient (Wildman–Crippen LogP) is 3.63. The minimum Gasteiger partial charge on any atom is -0.381 e. The molecular formula is C16H22N2O2. The number of carbonyl (C=O) groups is 1. The lowest BCUT2D eigenvalue weighted by molar-refractivity contribution is 0.119. The zero-order valence-electron chi connectivity index (χ0n) is 12.1. The van der Waals surface area contributed by atoms with E-state index in [2.05, 4.69) is 24.5 Å². The highest BCUT2D eigenvalue weighted by atomic mass is 16.5. The lowest BCUT2D eigenvalue weighted by Gasteiger charge is -2.14. The highest BCUT2D eigenvalue weighted by molar-refractivity contribution is 5.89. The van der Waals surface area contributed by atoms with Gasteiger partial charge in [0.05, 0.1) is 13.2 Å². The third kappa shape index (κ3) is 4.38. The standard InChI is InChI=1S/C16H22N2O2/c1-12(2)14-3-5-15(6-4-14)18-16(19)17-11-13-7-9-20-10-8-13/h3-6,11-12H,7-10H2,1-2H3,(H2,17,18,19). The Hall–Kier alpha value is -1.81. The van der Waals surface area contributed by atoms with Crippen LogP contribution in [0.5, 0.6) is 0 Å². The summed E-state index contributed by atoms with van der Waals surface area (Å²) in [6, 6.07) is 7.72. The van der Waals surface area contributed by atoms with Crippen LogP contribution in [-0.2, 0) is 4.74 Å². The molecule has 0 aliphatic carbocycles. The number of hydrogen-bond acceptors (Lipinski definition) is 2. The molecule has 1 heterocycles. The fourth-order valence-corrected chi connectivity index (χ4v) is 2.06. The number of nitrogens with one attached hydrogen (secondary N) is 2. The van der Waals surface area contributed by atoms with Crippen molar-refractivity contribution in [2.75, 3.05) is 18.5 Å². The number of rotatable bonds is 3. The van der Waals surface area contributed by atoms with E-state index in [0.717, 1.165) is 31.7 Å². The number of amides is 2. The molecule has 2 rings (SSSR count). The molecule has 1 fully saturated rings. The monoisotopic (exact) mass is 274 g/mol. The molecule has 2 N–H and O–H groups in total. The van der Waals surface area contributed by atoms with Crippen LogP contribution in [0.25, 0.3) is 0 Å². The molecule has 0 saturated carbocycles. The quantitative estimate of drug-likeness (QED) is 0.884. The third-order valence-corrected chi connectivity index (χ3v) is 3.38. The summed E-state index contributed by atoms with van der Waals surface area (Å²) in [7, 11) is 0. The van der Waals surface area contributed by atoms with Crippen LogP contribution < -0.4 is 10.6 Å². The van der Waals surface area contributed by atoms with Crippen molar-refractivity contribution in [2.24, 2.45) is 0 Å². The first-order valence-corrected chi connectivity index (χ1v) is 7.08. The summed E-state index contributed by atoms with van der Waals surface area (Å²) in [6.07, 6.45) is 3.58. The maximum Gasteiger partial charge on any atom is 0.323 e. The van der Waals surface area contributed by atoms with Crippen LogP contribution in [0.2, 0.25) is 0 Å². The second-order valence-corrected chi connectivity index (χ2v) is 5.29. The van der Waals surface area contributed by atoms with Crippen molar-refractivity contribution in [3.8, 4) is 0 Å². The highest BCUT2D eigenvalue weighted by Gasteiger charge is 2.06. The summed E-state index contributed by atoms with van der Waals surface area (Å²) < 4.78 is 5.26. The second-order valence-electron chi connectivity index (χ2n) is 5.29.